The molecule has 0 aliphatic rings. The molecule has 0 bridgehead atoms. The van der Waals surface area contributed by atoms with Crippen molar-refractivity contribution in [1.82, 2.24) is 15.1 Å². The molecular formula is C20H20N4O2. The van der Waals surface area contributed by atoms with Crippen LogP contribution in [-0.2, 0) is 13.0 Å². The van der Waals surface area contributed by atoms with E-state index >= 15 is 0 Å². The van der Waals surface area contributed by atoms with E-state index in [0.29, 0.717) is 24.1 Å². The number of aromatic nitrogens is 2. The lowest BCUT2D eigenvalue weighted by molar-refractivity contribution is 0.0949. The SMILES string of the molecule is CCc1c(C(=O)NCc2cccc(C(N)=O)c2)cnn1-c1ccccc1. The Balaban J connectivity index is 1.77. The molecule has 0 unspecified atom stereocenters. The van der Waals surface area contributed by atoms with Crippen LogP contribution in [0, 0.1) is 0 Å². The predicted octanol–water partition coefficient (Wildman–Crippen LogP) is 2.46. The summed E-state index contributed by atoms with van der Waals surface area (Å²) in [6.07, 6.45) is 2.26. The minimum Gasteiger partial charge on any atom is -0.366 e. The Morgan fingerprint density at radius 3 is 2.58 bits per heavy atom. The average molecular weight is 348 g/mol. The smallest absolute Gasteiger partial charge is 0.255 e. The predicted molar refractivity (Wildman–Crippen MR) is 99.1 cm³/mol. The van der Waals surface area contributed by atoms with E-state index in [0.717, 1.165) is 16.9 Å². The molecule has 1 aromatic heterocycles. The molecule has 0 radical (unpaired) electrons. The van der Waals surface area contributed by atoms with E-state index in [1.54, 1.807) is 29.1 Å². The molecule has 2 amide bonds. The number of nitrogens with one attached hydrogen (secondary N) is 1. The van der Waals surface area contributed by atoms with Crippen molar-refractivity contribution >= 4 is 11.8 Å². The first-order valence-corrected chi connectivity index (χ1v) is 8.39. The van der Waals surface area contributed by atoms with Crippen LogP contribution in [0.4, 0.5) is 0 Å². The maximum Gasteiger partial charge on any atom is 0.255 e. The van der Waals surface area contributed by atoms with Crippen molar-refractivity contribution in [3.05, 3.63) is 83.2 Å². The van der Waals surface area contributed by atoms with Gasteiger partial charge in [-0.3, -0.25) is 9.59 Å². The van der Waals surface area contributed by atoms with E-state index in [4.69, 9.17) is 5.73 Å². The van der Waals surface area contributed by atoms with Gasteiger partial charge < -0.3 is 11.1 Å². The van der Waals surface area contributed by atoms with Crippen LogP contribution >= 0.6 is 0 Å². The zero-order valence-electron chi connectivity index (χ0n) is 14.5. The van der Waals surface area contributed by atoms with Gasteiger partial charge in [0.15, 0.2) is 0 Å². The van der Waals surface area contributed by atoms with Gasteiger partial charge >= 0.3 is 0 Å². The third-order valence-electron chi connectivity index (χ3n) is 4.11. The molecule has 0 saturated carbocycles. The van der Waals surface area contributed by atoms with Crippen LogP contribution in [0.15, 0.2) is 60.8 Å². The van der Waals surface area contributed by atoms with Crippen molar-refractivity contribution < 1.29 is 9.59 Å². The van der Waals surface area contributed by atoms with E-state index in [2.05, 4.69) is 10.4 Å². The summed E-state index contributed by atoms with van der Waals surface area (Å²) in [6.45, 7) is 2.29. The molecule has 6 nitrogen and oxygen atoms in total. The first kappa shape index (κ1) is 17.4. The molecule has 1 heterocycles. The molecule has 0 aliphatic carbocycles. The molecule has 6 heteroatoms. The van der Waals surface area contributed by atoms with Crippen LogP contribution in [0.1, 0.15) is 38.9 Å². The Hall–Kier alpha value is -3.41. The maximum atomic E-state index is 12.6. The molecule has 0 saturated heterocycles. The first-order valence-electron chi connectivity index (χ1n) is 8.39. The topological polar surface area (TPSA) is 90.0 Å². The number of nitrogens with two attached hydrogens (primary N) is 1. The Morgan fingerprint density at radius 2 is 1.88 bits per heavy atom. The van der Waals surface area contributed by atoms with Crippen molar-refractivity contribution in [3.63, 3.8) is 0 Å². The lowest BCUT2D eigenvalue weighted by atomic mass is 10.1. The van der Waals surface area contributed by atoms with Crippen molar-refractivity contribution in [2.24, 2.45) is 5.73 Å². The number of para-hydroxylation sites is 1. The van der Waals surface area contributed by atoms with Crippen LogP contribution < -0.4 is 11.1 Å². The fourth-order valence-corrected chi connectivity index (χ4v) is 2.81. The van der Waals surface area contributed by atoms with E-state index in [9.17, 15) is 9.59 Å². The highest BCUT2D eigenvalue weighted by atomic mass is 16.2. The zero-order valence-corrected chi connectivity index (χ0v) is 14.5. The Labute approximate surface area is 151 Å². The standard InChI is InChI=1S/C20H20N4O2/c1-2-18-17(13-23-24(18)16-9-4-3-5-10-16)20(26)22-12-14-7-6-8-15(11-14)19(21)25/h3-11,13H,2,12H2,1H3,(H2,21,25)(H,22,26). The van der Waals surface area contributed by atoms with Gasteiger partial charge in [0.2, 0.25) is 5.91 Å². The molecule has 0 spiro atoms. The van der Waals surface area contributed by atoms with Crippen LogP contribution in [-0.4, -0.2) is 21.6 Å². The maximum absolute atomic E-state index is 12.6. The van der Waals surface area contributed by atoms with Crippen LogP contribution in [0.25, 0.3) is 5.69 Å². The van der Waals surface area contributed by atoms with Crippen LogP contribution in [0.3, 0.4) is 0 Å². The van der Waals surface area contributed by atoms with Crippen molar-refractivity contribution in [1.29, 1.82) is 0 Å². The van der Waals surface area contributed by atoms with Crippen molar-refractivity contribution in [3.8, 4) is 5.69 Å². The fourth-order valence-electron chi connectivity index (χ4n) is 2.81. The van der Waals surface area contributed by atoms with Gasteiger partial charge in [-0.15, -0.1) is 0 Å². The molecule has 0 atom stereocenters. The number of carbonyl (C=O) groups is 2. The molecule has 132 valence electrons. The fraction of sp³-hybridized carbons (Fsp3) is 0.150. The van der Waals surface area contributed by atoms with Gasteiger partial charge in [-0.1, -0.05) is 37.3 Å². The van der Waals surface area contributed by atoms with Gasteiger partial charge in [-0.05, 0) is 36.2 Å². The molecule has 3 rings (SSSR count). The first-order chi connectivity index (χ1) is 12.6. The summed E-state index contributed by atoms with van der Waals surface area (Å²) in [5.74, 6) is -0.691. The lowest BCUT2D eigenvalue weighted by Gasteiger charge is -2.09. The van der Waals surface area contributed by atoms with Crippen molar-refractivity contribution in [2.75, 3.05) is 0 Å². The molecule has 2 aromatic carbocycles. The van der Waals surface area contributed by atoms with Crippen molar-refractivity contribution in [2.45, 2.75) is 19.9 Å². The zero-order chi connectivity index (χ0) is 18.5. The van der Waals surface area contributed by atoms with Gasteiger partial charge in [0.1, 0.15) is 0 Å². The van der Waals surface area contributed by atoms with Gasteiger partial charge in [-0.25, -0.2) is 4.68 Å². The van der Waals surface area contributed by atoms with Crippen LogP contribution in [0.5, 0.6) is 0 Å². The second-order valence-electron chi connectivity index (χ2n) is 5.85. The third-order valence-corrected chi connectivity index (χ3v) is 4.11. The minimum absolute atomic E-state index is 0.200. The third kappa shape index (κ3) is 3.64. The highest BCUT2D eigenvalue weighted by Crippen LogP contribution is 2.16. The molecule has 3 aromatic rings. The number of carbonyl (C=O) groups excluding carboxylic acids is 2. The number of nitrogens with zero attached hydrogens (tertiary/aromatic N) is 2. The largest absolute Gasteiger partial charge is 0.366 e. The molecule has 0 aliphatic heterocycles. The van der Waals surface area contributed by atoms with Crippen LogP contribution in [0.2, 0.25) is 0 Å². The van der Waals surface area contributed by atoms with Gasteiger partial charge in [-0.2, -0.15) is 5.10 Å². The Bertz CT molecular complexity index is 932. The second-order valence-corrected chi connectivity index (χ2v) is 5.85. The quantitative estimate of drug-likeness (QED) is 0.717. The number of primary amides is 1. The van der Waals surface area contributed by atoms with Gasteiger partial charge in [0.05, 0.1) is 23.1 Å². The summed E-state index contributed by atoms with van der Waals surface area (Å²) < 4.78 is 1.78. The molecular weight excluding hydrogens is 328 g/mol. The van der Waals surface area contributed by atoms with Gasteiger partial charge in [0.25, 0.3) is 5.91 Å². The van der Waals surface area contributed by atoms with E-state index in [1.807, 2.05) is 43.3 Å². The lowest BCUT2D eigenvalue weighted by Crippen LogP contribution is -2.24. The molecule has 3 N–H and O–H groups in total. The Kier molecular flexibility index (Phi) is 5.12. The molecule has 26 heavy (non-hydrogen) atoms. The number of benzene rings is 2. The van der Waals surface area contributed by atoms with E-state index in [1.165, 1.54) is 0 Å². The Morgan fingerprint density at radius 1 is 1.12 bits per heavy atom. The highest BCUT2D eigenvalue weighted by molar-refractivity contribution is 5.95. The summed E-state index contributed by atoms with van der Waals surface area (Å²) in [5.41, 5.74) is 8.82. The number of rotatable bonds is 6. The highest BCUT2D eigenvalue weighted by Gasteiger charge is 2.17. The number of hydrogen-bond acceptors (Lipinski definition) is 3. The normalized spacial score (nSPS) is 10.5. The average Bonchev–Trinajstić information content (AvgIpc) is 3.11. The van der Waals surface area contributed by atoms with E-state index < -0.39 is 5.91 Å². The minimum atomic E-state index is -0.490. The van der Waals surface area contributed by atoms with E-state index in [-0.39, 0.29) is 5.91 Å². The number of hydrogen-bond donors (Lipinski definition) is 2. The van der Waals surface area contributed by atoms with Gasteiger partial charge in [0, 0.05) is 12.1 Å². The summed E-state index contributed by atoms with van der Waals surface area (Å²) in [7, 11) is 0. The summed E-state index contributed by atoms with van der Waals surface area (Å²) in [6, 6.07) is 16.6. The second kappa shape index (κ2) is 7.65. The summed E-state index contributed by atoms with van der Waals surface area (Å²) in [5, 5.41) is 7.24. The summed E-state index contributed by atoms with van der Waals surface area (Å²) >= 11 is 0. The number of amides is 2. The molecule has 0 fully saturated rings. The monoisotopic (exact) mass is 348 g/mol. The summed E-state index contributed by atoms with van der Waals surface area (Å²) in [4.78, 5) is 23.9.